The minimum Gasteiger partial charge on any atom is -0.497 e. The summed E-state index contributed by atoms with van der Waals surface area (Å²) in [4.78, 5) is 13.2. The van der Waals surface area contributed by atoms with Gasteiger partial charge in [0, 0.05) is 17.3 Å². The molecular formula is C21H21N5O4. The van der Waals surface area contributed by atoms with Crippen LogP contribution in [0.15, 0.2) is 59.8 Å². The number of aromatic nitrogens is 4. The molecule has 1 unspecified atom stereocenters. The molecule has 2 heterocycles. The number of esters is 1. The van der Waals surface area contributed by atoms with Gasteiger partial charge in [-0.25, -0.2) is 4.79 Å². The van der Waals surface area contributed by atoms with Gasteiger partial charge in [-0.3, -0.25) is 0 Å². The van der Waals surface area contributed by atoms with E-state index in [2.05, 4.69) is 20.8 Å². The van der Waals surface area contributed by atoms with Gasteiger partial charge in [-0.1, -0.05) is 35.4 Å². The van der Waals surface area contributed by atoms with Crippen molar-refractivity contribution in [3.63, 3.8) is 0 Å². The summed E-state index contributed by atoms with van der Waals surface area (Å²) in [6.45, 7) is 1.95. The van der Waals surface area contributed by atoms with Gasteiger partial charge in [0.05, 0.1) is 19.8 Å². The standard InChI is InChI=1S/C21H21N5O4/c1-13-18(20(27)30-12-14-7-5-4-6-8-14)19(26-21(22-13)23-24-25-26)16-10-9-15(28-2)11-17(16)29-3/h4-11,19H,12H2,1-3H3,(H,22,23,25). The number of hydrogen-bond acceptors (Lipinski definition) is 8. The van der Waals surface area contributed by atoms with Crippen LogP contribution in [-0.4, -0.2) is 40.4 Å². The number of fused-ring (bicyclic) bond motifs is 1. The summed E-state index contributed by atoms with van der Waals surface area (Å²) >= 11 is 0. The molecule has 0 aliphatic carbocycles. The number of rotatable bonds is 6. The molecule has 1 aliphatic rings. The molecule has 1 N–H and O–H groups in total. The molecular weight excluding hydrogens is 386 g/mol. The van der Waals surface area contributed by atoms with Crippen molar-refractivity contribution in [2.45, 2.75) is 19.6 Å². The van der Waals surface area contributed by atoms with E-state index < -0.39 is 12.0 Å². The average molecular weight is 407 g/mol. The Kier molecular flexibility index (Phi) is 5.34. The lowest BCUT2D eigenvalue weighted by molar-refractivity contribution is -0.140. The molecule has 1 atom stereocenters. The summed E-state index contributed by atoms with van der Waals surface area (Å²) in [6.07, 6.45) is 0. The van der Waals surface area contributed by atoms with Crippen molar-refractivity contribution >= 4 is 11.9 Å². The predicted molar refractivity (Wildman–Crippen MR) is 108 cm³/mol. The smallest absolute Gasteiger partial charge is 0.338 e. The van der Waals surface area contributed by atoms with E-state index in [1.54, 1.807) is 33.3 Å². The first-order valence-electron chi connectivity index (χ1n) is 9.31. The van der Waals surface area contributed by atoms with Gasteiger partial charge in [0.15, 0.2) is 0 Å². The van der Waals surface area contributed by atoms with Crippen molar-refractivity contribution in [3.8, 4) is 11.5 Å². The molecule has 3 aromatic rings. The minimum absolute atomic E-state index is 0.158. The summed E-state index contributed by atoms with van der Waals surface area (Å²) in [6, 6.07) is 14.3. The van der Waals surface area contributed by atoms with E-state index >= 15 is 0 Å². The van der Waals surface area contributed by atoms with Crippen LogP contribution in [0.2, 0.25) is 0 Å². The van der Waals surface area contributed by atoms with Crippen LogP contribution in [0.25, 0.3) is 0 Å². The molecule has 0 saturated carbocycles. The monoisotopic (exact) mass is 407 g/mol. The molecule has 154 valence electrons. The number of methoxy groups -OCH3 is 2. The van der Waals surface area contributed by atoms with Gasteiger partial charge in [0.25, 0.3) is 0 Å². The number of benzene rings is 2. The first kappa shape index (κ1) is 19.4. The summed E-state index contributed by atoms with van der Waals surface area (Å²) in [5.74, 6) is 1.14. The number of hydrogen-bond donors (Lipinski definition) is 1. The third-order valence-corrected chi connectivity index (χ3v) is 4.88. The highest BCUT2D eigenvalue weighted by Gasteiger charge is 2.36. The lowest BCUT2D eigenvalue weighted by Crippen LogP contribution is -2.30. The van der Waals surface area contributed by atoms with E-state index in [-0.39, 0.29) is 6.61 Å². The summed E-state index contributed by atoms with van der Waals surface area (Å²) in [7, 11) is 3.14. The normalized spacial score (nSPS) is 15.2. The van der Waals surface area contributed by atoms with Gasteiger partial charge in [0.2, 0.25) is 5.95 Å². The summed E-state index contributed by atoms with van der Waals surface area (Å²) < 4.78 is 18.0. The molecule has 9 nitrogen and oxygen atoms in total. The maximum absolute atomic E-state index is 13.2. The van der Waals surface area contributed by atoms with E-state index in [1.165, 1.54) is 4.68 Å². The fourth-order valence-corrected chi connectivity index (χ4v) is 3.41. The number of carbonyl (C=O) groups excluding carboxylic acids is 1. The Balaban J connectivity index is 1.73. The summed E-state index contributed by atoms with van der Waals surface area (Å²) in [5.41, 5.74) is 2.61. The van der Waals surface area contributed by atoms with Crippen molar-refractivity contribution < 1.29 is 19.0 Å². The van der Waals surface area contributed by atoms with Crippen LogP contribution in [0.3, 0.4) is 0 Å². The van der Waals surface area contributed by atoms with Crippen molar-refractivity contribution in [3.05, 3.63) is 70.9 Å². The fourth-order valence-electron chi connectivity index (χ4n) is 3.41. The first-order chi connectivity index (χ1) is 14.6. The van der Waals surface area contributed by atoms with Crippen LogP contribution in [0, 0.1) is 0 Å². The Labute approximate surface area is 173 Å². The quantitative estimate of drug-likeness (QED) is 0.623. The van der Waals surface area contributed by atoms with Gasteiger partial charge < -0.3 is 19.5 Å². The molecule has 0 amide bonds. The highest BCUT2D eigenvalue weighted by atomic mass is 16.5. The van der Waals surface area contributed by atoms with Crippen molar-refractivity contribution in [1.29, 1.82) is 0 Å². The maximum atomic E-state index is 13.2. The van der Waals surface area contributed by atoms with Crippen LogP contribution in [0.4, 0.5) is 5.95 Å². The average Bonchev–Trinajstić information content (AvgIpc) is 3.24. The fraction of sp³-hybridized carbons (Fsp3) is 0.238. The predicted octanol–water partition coefficient (Wildman–Crippen LogP) is 2.72. The summed E-state index contributed by atoms with van der Waals surface area (Å²) in [5, 5.41) is 14.9. The zero-order valence-electron chi connectivity index (χ0n) is 16.8. The molecule has 0 bridgehead atoms. The van der Waals surface area contributed by atoms with E-state index in [0.717, 1.165) is 5.56 Å². The minimum atomic E-state index is -0.625. The van der Waals surface area contributed by atoms with Gasteiger partial charge in [-0.15, -0.1) is 0 Å². The number of allylic oxidation sites excluding steroid dienone is 1. The highest BCUT2D eigenvalue weighted by Crippen LogP contribution is 2.40. The molecule has 9 heteroatoms. The van der Waals surface area contributed by atoms with Crippen LogP contribution in [0.1, 0.15) is 24.1 Å². The topological polar surface area (TPSA) is 100 Å². The van der Waals surface area contributed by atoms with Crippen LogP contribution >= 0.6 is 0 Å². The van der Waals surface area contributed by atoms with E-state index in [0.29, 0.717) is 34.3 Å². The Morgan fingerprint density at radius 1 is 1.13 bits per heavy atom. The first-order valence-corrected chi connectivity index (χ1v) is 9.31. The SMILES string of the molecule is COc1ccc(C2C(C(=O)OCc3ccccc3)=C(C)Nc3nnnn32)c(OC)c1. The van der Waals surface area contributed by atoms with Gasteiger partial charge in [-0.2, -0.15) is 4.68 Å². The Hall–Kier alpha value is -3.88. The number of anilines is 1. The molecule has 2 aromatic carbocycles. The zero-order valence-corrected chi connectivity index (χ0v) is 16.8. The number of carbonyl (C=O) groups is 1. The van der Waals surface area contributed by atoms with Gasteiger partial charge in [-0.05, 0) is 35.0 Å². The molecule has 1 aromatic heterocycles. The molecule has 0 fully saturated rings. The van der Waals surface area contributed by atoms with E-state index in [9.17, 15) is 4.79 Å². The van der Waals surface area contributed by atoms with Gasteiger partial charge in [0.1, 0.15) is 24.1 Å². The lowest BCUT2D eigenvalue weighted by atomic mass is 9.95. The largest absolute Gasteiger partial charge is 0.497 e. The molecule has 0 spiro atoms. The second-order valence-electron chi connectivity index (χ2n) is 6.68. The van der Waals surface area contributed by atoms with Crippen molar-refractivity contribution in [2.75, 3.05) is 19.5 Å². The molecule has 4 rings (SSSR count). The third-order valence-electron chi connectivity index (χ3n) is 4.88. The van der Waals surface area contributed by atoms with E-state index in [1.807, 2.05) is 36.4 Å². The Bertz CT molecular complexity index is 1090. The van der Waals surface area contributed by atoms with Crippen LogP contribution in [-0.2, 0) is 16.1 Å². The highest BCUT2D eigenvalue weighted by molar-refractivity contribution is 5.92. The number of nitrogens with zero attached hydrogens (tertiary/aromatic N) is 4. The molecule has 30 heavy (non-hydrogen) atoms. The zero-order chi connectivity index (χ0) is 21.1. The molecule has 0 saturated heterocycles. The van der Waals surface area contributed by atoms with Crippen LogP contribution < -0.4 is 14.8 Å². The second kappa shape index (κ2) is 8.24. The second-order valence-corrected chi connectivity index (χ2v) is 6.68. The maximum Gasteiger partial charge on any atom is 0.338 e. The van der Waals surface area contributed by atoms with Gasteiger partial charge >= 0.3 is 5.97 Å². The Morgan fingerprint density at radius 3 is 2.67 bits per heavy atom. The third kappa shape index (κ3) is 3.57. The van der Waals surface area contributed by atoms with Crippen LogP contribution in [0.5, 0.6) is 11.5 Å². The lowest BCUT2D eigenvalue weighted by Gasteiger charge is -2.28. The molecule has 0 radical (unpaired) electrons. The van der Waals surface area contributed by atoms with Crippen molar-refractivity contribution in [2.24, 2.45) is 0 Å². The number of ether oxygens (including phenoxy) is 3. The molecule has 1 aliphatic heterocycles. The van der Waals surface area contributed by atoms with E-state index in [4.69, 9.17) is 14.2 Å². The number of nitrogens with one attached hydrogen (secondary N) is 1. The van der Waals surface area contributed by atoms with Crippen molar-refractivity contribution in [1.82, 2.24) is 20.2 Å². The number of tetrazole rings is 1. The Morgan fingerprint density at radius 2 is 1.93 bits per heavy atom.